The van der Waals surface area contributed by atoms with Crippen molar-refractivity contribution in [3.05, 3.63) is 22.7 Å². The Balaban J connectivity index is 2.21. The van der Waals surface area contributed by atoms with Gasteiger partial charge in [0, 0.05) is 17.6 Å². The molecule has 0 saturated carbocycles. The van der Waals surface area contributed by atoms with Crippen molar-refractivity contribution in [2.45, 2.75) is 20.4 Å². The Hall–Kier alpha value is -0.930. The number of ether oxygens (including phenoxy) is 2. The van der Waals surface area contributed by atoms with Crippen LogP contribution in [0.15, 0.2) is 12.1 Å². The normalized spacial score (nSPS) is 13.5. The van der Waals surface area contributed by atoms with E-state index in [0.29, 0.717) is 6.79 Å². The van der Waals surface area contributed by atoms with Crippen LogP contribution in [0.25, 0.3) is 0 Å². The second-order valence-electron chi connectivity index (χ2n) is 3.76. The van der Waals surface area contributed by atoms with Crippen LogP contribution < -0.4 is 9.47 Å². The molecule has 88 valence electrons. The summed E-state index contributed by atoms with van der Waals surface area (Å²) in [6, 6.07) is 3.81. The van der Waals surface area contributed by atoms with Crippen molar-refractivity contribution in [2.75, 3.05) is 19.9 Å². The van der Waals surface area contributed by atoms with Gasteiger partial charge < -0.3 is 9.47 Å². The van der Waals surface area contributed by atoms with E-state index in [-0.39, 0.29) is 0 Å². The highest BCUT2D eigenvalue weighted by Gasteiger charge is 2.17. The molecule has 0 atom stereocenters. The van der Waals surface area contributed by atoms with Gasteiger partial charge in [-0.05, 0) is 24.7 Å². The molecule has 0 amide bonds. The fraction of sp³-hybridized carbons (Fsp3) is 0.500. The monoisotopic (exact) mass is 241 g/mol. The lowest BCUT2D eigenvalue weighted by Gasteiger charge is -2.18. The van der Waals surface area contributed by atoms with Crippen molar-refractivity contribution in [1.29, 1.82) is 0 Å². The molecule has 2 rings (SSSR count). The molecule has 1 aromatic carbocycles. The molecule has 0 bridgehead atoms. The number of nitrogens with zero attached hydrogens (tertiary/aromatic N) is 1. The van der Waals surface area contributed by atoms with E-state index >= 15 is 0 Å². The zero-order chi connectivity index (χ0) is 11.5. The van der Waals surface area contributed by atoms with Gasteiger partial charge in [-0.3, -0.25) is 4.90 Å². The van der Waals surface area contributed by atoms with Crippen LogP contribution in [-0.2, 0) is 6.54 Å². The third-order valence-corrected chi connectivity index (χ3v) is 3.18. The second kappa shape index (κ2) is 4.93. The first-order valence-electron chi connectivity index (χ1n) is 5.55. The van der Waals surface area contributed by atoms with Crippen molar-refractivity contribution in [2.24, 2.45) is 0 Å². The van der Waals surface area contributed by atoms with Crippen LogP contribution in [0, 0.1) is 0 Å². The maximum atomic E-state index is 6.20. The first-order chi connectivity index (χ1) is 7.74. The smallest absolute Gasteiger partial charge is 0.231 e. The quantitative estimate of drug-likeness (QED) is 0.809. The Labute approximate surface area is 101 Å². The van der Waals surface area contributed by atoms with Crippen LogP contribution in [0.5, 0.6) is 11.5 Å². The van der Waals surface area contributed by atoms with Crippen LogP contribution >= 0.6 is 11.6 Å². The summed E-state index contributed by atoms with van der Waals surface area (Å²) in [7, 11) is 0. The average Bonchev–Trinajstić information content (AvgIpc) is 2.72. The van der Waals surface area contributed by atoms with Gasteiger partial charge in [0.15, 0.2) is 11.5 Å². The van der Waals surface area contributed by atoms with Gasteiger partial charge in [0.05, 0.1) is 0 Å². The molecule has 3 nitrogen and oxygen atoms in total. The predicted molar refractivity (Wildman–Crippen MR) is 64.2 cm³/mol. The summed E-state index contributed by atoms with van der Waals surface area (Å²) in [6.45, 7) is 7.46. The van der Waals surface area contributed by atoms with E-state index < -0.39 is 0 Å². The summed E-state index contributed by atoms with van der Waals surface area (Å²) in [5.41, 5.74) is 1.09. The van der Waals surface area contributed by atoms with Gasteiger partial charge in [-0.1, -0.05) is 25.4 Å². The maximum Gasteiger partial charge on any atom is 0.231 e. The minimum atomic E-state index is 0.292. The average molecular weight is 242 g/mol. The number of hydrogen-bond donors (Lipinski definition) is 0. The number of halogens is 1. The molecule has 0 N–H and O–H groups in total. The van der Waals surface area contributed by atoms with Gasteiger partial charge in [-0.25, -0.2) is 0 Å². The van der Waals surface area contributed by atoms with E-state index in [4.69, 9.17) is 21.1 Å². The minimum Gasteiger partial charge on any atom is -0.454 e. The topological polar surface area (TPSA) is 21.7 Å². The SMILES string of the molecule is CCN(CC)Cc1cc2c(cc1Cl)OCO2. The van der Waals surface area contributed by atoms with Crippen LogP contribution in [0.4, 0.5) is 0 Å². The maximum absolute atomic E-state index is 6.20. The van der Waals surface area contributed by atoms with Crippen molar-refractivity contribution in [3.63, 3.8) is 0 Å². The highest BCUT2D eigenvalue weighted by molar-refractivity contribution is 6.31. The molecule has 1 aromatic rings. The molecule has 0 aromatic heterocycles. The molecule has 0 unspecified atom stereocenters. The highest BCUT2D eigenvalue weighted by atomic mass is 35.5. The van der Waals surface area contributed by atoms with E-state index in [2.05, 4.69) is 18.7 Å². The van der Waals surface area contributed by atoms with Gasteiger partial charge >= 0.3 is 0 Å². The van der Waals surface area contributed by atoms with E-state index in [0.717, 1.165) is 41.7 Å². The number of benzene rings is 1. The van der Waals surface area contributed by atoms with Crippen molar-refractivity contribution in [1.82, 2.24) is 4.90 Å². The van der Waals surface area contributed by atoms with Crippen LogP contribution in [0.2, 0.25) is 5.02 Å². The molecule has 0 saturated heterocycles. The van der Waals surface area contributed by atoms with Gasteiger partial charge in [0.25, 0.3) is 0 Å². The molecular weight excluding hydrogens is 226 g/mol. The molecule has 0 fully saturated rings. The summed E-state index contributed by atoms with van der Waals surface area (Å²) in [5, 5.41) is 0.746. The largest absolute Gasteiger partial charge is 0.454 e. The number of hydrogen-bond acceptors (Lipinski definition) is 3. The number of fused-ring (bicyclic) bond motifs is 1. The third-order valence-electron chi connectivity index (χ3n) is 2.83. The fourth-order valence-electron chi connectivity index (χ4n) is 1.77. The van der Waals surface area contributed by atoms with Crippen LogP contribution in [0.1, 0.15) is 19.4 Å². The van der Waals surface area contributed by atoms with E-state index in [9.17, 15) is 0 Å². The molecule has 16 heavy (non-hydrogen) atoms. The lowest BCUT2D eigenvalue weighted by Crippen LogP contribution is -2.22. The van der Waals surface area contributed by atoms with E-state index in [1.54, 1.807) is 0 Å². The lowest BCUT2D eigenvalue weighted by molar-refractivity contribution is 0.174. The summed E-state index contributed by atoms with van der Waals surface area (Å²) >= 11 is 6.20. The lowest BCUT2D eigenvalue weighted by atomic mass is 10.2. The molecule has 1 aliphatic rings. The Morgan fingerprint density at radius 3 is 2.44 bits per heavy atom. The molecule has 1 heterocycles. The molecule has 0 aliphatic carbocycles. The molecule has 0 spiro atoms. The molecular formula is C12H16ClNO2. The Kier molecular flexibility index (Phi) is 3.56. The van der Waals surface area contributed by atoms with Crippen LogP contribution in [0.3, 0.4) is 0 Å². The fourth-order valence-corrected chi connectivity index (χ4v) is 1.98. The summed E-state index contributed by atoms with van der Waals surface area (Å²) in [4.78, 5) is 2.31. The van der Waals surface area contributed by atoms with E-state index in [1.807, 2.05) is 12.1 Å². The van der Waals surface area contributed by atoms with Crippen molar-refractivity contribution >= 4 is 11.6 Å². The van der Waals surface area contributed by atoms with E-state index in [1.165, 1.54) is 0 Å². The highest BCUT2D eigenvalue weighted by Crippen LogP contribution is 2.37. The predicted octanol–water partition coefficient (Wildman–Crippen LogP) is 2.91. The molecule has 4 heteroatoms. The van der Waals surface area contributed by atoms with Crippen LogP contribution in [-0.4, -0.2) is 24.8 Å². The third kappa shape index (κ3) is 2.25. The second-order valence-corrected chi connectivity index (χ2v) is 4.17. The Bertz CT molecular complexity index is 378. The summed E-state index contributed by atoms with van der Waals surface area (Å²) in [5.74, 6) is 1.54. The van der Waals surface area contributed by atoms with Gasteiger partial charge in [-0.15, -0.1) is 0 Å². The zero-order valence-electron chi connectivity index (χ0n) is 9.62. The van der Waals surface area contributed by atoms with Gasteiger partial charge in [-0.2, -0.15) is 0 Å². The minimum absolute atomic E-state index is 0.292. The Morgan fingerprint density at radius 1 is 1.19 bits per heavy atom. The summed E-state index contributed by atoms with van der Waals surface area (Å²) in [6.07, 6.45) is 0. The van der Waals surface area contributed by atoms with Crippen molar-refractivity contribution in [3.8, 4) is 11.5 Å². The molecule has 0 radical (unpaired) electrons. The first kappa shape index (κ1) is 11.6. The van der Waals surface area contributed by atoms with Gasteiger partial charge in [0.2, 0.25) is 6.79 Å². The standard InChI is InChI=1S/C12H16ClNO2/c1-3-14(4-2)7-9-5-11-12(6-10(9)13)16-8-15-11/h5-6H,3-4,7-8H2,1-2H3. The van der Waals surface area contributed by atoms with Gasteiger partial charge in [0.1, 0.15) is 0 Å². The molecule has 1 aliphatic heterocycles. The first-order valence-corrected chi connectivity index (χ1v) is 5.92. The zero-order valence-corrected chi connectivity index (χ0v) is 10.4. The summed E-state index contributed by atoms with van der Waals surface area (Å²) < 4.78 is 10.6. The number of rotatable bonds is 4. The van der Waals surface area contributed by atoms with Crippen molar-refractivity contribution < 1.29 is 9.47 Å². The Morgan fingerprint density at radius 2 is 1.81 bits per heavy atom.